The van der Waals surface area contributed by atoms with E-state index >= 15 is 0 Å². The third-order valence-corrected chi connectivity index (χ3v) is 3.66. The van der Waals surface area contributed by atoms with Crippen molar-refractivity contribution in [2.45, 2.75) is 26.7 Å². The zero-order valence-electron chi connectivity index (χ0n) is 12.0. The van der Waals surface area contributed by atoms with Crippen molar-refractivity contribution < 1.29 is 4.79 Å². The molecule has 21 heavy (non-hydrogen) atoms. The number of carbonyl (C=O) groups excluding carboxylic acids is 1. The lowest BCUT2D eigenvalue weighted by molar-refractivity contribution is -0.121. The van der Waals surface area contributed by atoms with Crippen LogP contribution in [0.4, 0.5) is 0 Å². The lowest BCUT2D eigenvalue weighted by Crippen LogP contribution is -2.47. The lowest BCUT2D eigenvalue weighted by atomic mass is 10.1. The molecule has 0 radical (unpaired) electrons. The molecule has 0 unspecified atom stereocenters. The molecule has 1 amide bonds. The summed E-state index contributed by atoms with van der Waals surface area (Å²) in [7, 11) is 0. The van der Waals surface area contributed by atoms with Crippen molar-refractivity contribution in [1.29, 1.82) is 0 Å². The van der Waals surface area contributed by atoms with Crippen LogP contribution in [0, 0.1) is 5.92 Å². The van der Waals surface area contributed by atoms with E-state index < -0.39 is 0 Å². The Kier molecular flexibility index (Phi) is 7.78. The van der Waals surface area contributed by atoms with E-state index in [4.69, 9.17) is 35.4 Å². The van der Waals surface area contributed by atoms with Crippen LogP contribution >= 0.6 is 35.4 Å². The molecule has 1 rings (SSSR count). The van der Waals surface area contributed by atoms with Crippen LogP contribution in [-0.4, -0.2) is 17.6 Å². The van der Waals surface area contributed by atoms with Gasteiger partial charge in [-0.1, -0.05) is 43.1 Å². The predicted octanol–water partition coefficient (Wildman–Crippen LogP) is 3.08. The van der Waals surface area contributed by atoms with Crippen molar-refractivity contribution in [2.24, 2.45) is 5.92 Å². The molecule has 0 spiro atoms. The molecule has 0 aliphatic carbocycles. The number of nitrogens with one attached hydrogen (secondary N) is 3. The van der Waals surface area contributed by atoms with Crippen LogP contribution in [0.5, 0.6) is 0 Å². The summed E-state index contributed by atoms with van der Waals surface area (Å²) >= 11 is 16.8. The van der Waals surface area contributed by atoms with E-state index in [1.54, 1.807) is 18.2 Å². The van der Waals surface area contributed by atoms with Gasteiger partial charge in [-0.05, 0) is 42.3 Å². The Morgan fingerprint density at radius 1 is 1.24 bits per heavy atom. The zero-order valence-corrected chi connectivity index (χ0v) is 14.3. The number of hydrogen-bond donors (Lipinski definition) is 3. The summed E-state index contributed by atoms with van der Waals surface area (Å²) in [6, 6.07) is 5.09. The van der Waals surface area contributed by atoms with Gasteiger partial charge in [0.25, 0.3) is 0 Å². The zero-order chi connectivity index (χ0) is 15.8. The summed E-state index contributed by atoms with van der Waals surface area (Å²) < 4.78 is 0. The SMILES string of the molecule is CC(C)CCNC(=S)NNC(=O)Cc1ccc(Cl)c(Cl)c1. The Labute approximate surface area is 140 Å². The fraction of sp³-hybridized carbons (Fsp3) is 0.429. The van der Waals surface area contributed by atoms with Gasteiger partial charge in [0, 0.05) is 6.54 Å². The Morgan fingerprint density at radius 3 is 2.57 bits per heavy atom. The van der Waals surface area contributed by atoms with Crippen LogP contribution in [0.1, 0.15) is 25.8 Å². The Morgan fingerprint density at radius 2 is 1.95 bits per heavy atom. The second-order valence-corrected chi connectivity index (χ2v) is 6.26. The summed E-state index contributed by atoms with van der Waals surface area (Å²) in [6.07, 6.45) is 1.21. The van der Waals surface area contributed by atoms with Crippen molar-refractivity contribution in [3.05, 3.63) is 33.8 Å². The average Bonchev–Trinajstić information content (AvgIpc) is 2.40. The maximum absolute atomic E-state index is 11.8. The topological polar surface area (TPSA) is 53.2 Å². The number of halogens is 2. The maximum atomic E-state index is 11.8. The highest BCUT2D eigenvalue weighted by Crippen LogP contribution is 2.22. The number of hydrazine groups is 1. The molecular formula is C14H19Cl2N3OS. The molecule has 0 aliphatic heterocycles. The highest BCUT2D eigenvalue weighted by atomic mass is 35.5. The molecule has 0 saturated carbocycles. The molecule has 3 N–H and O–H groups in total. The Hall–Kier alpha value is -1.04. The van der Waals surface area contributed by atoms with Crippen molar-refractivity contribution in [1.82, 2.24) is 16.2 Å². The van der Waals surface area contributed by atoms with Gasteiger partial charge in [-0.3, -0.25) is 15.6 Å². The van der Waals surface area contributed by atoms with Gasteiger partial charge >= 0.3 is 0 Å². The Bertz CT molecular complexity index is 509. The third-order valence-electron chi connectivity index (χ3n) is 2.67. The van der Waals surface area contributed by atoms with Crippen LogP contribution in [0.25, 0.3) is 0 Å². The molecule has 1 aromatic carbocycles. The minimum absolute atomic E-state index is 0.193. The van der Waals surface area contributed by atoms with Crippen molar-refractivity contribution in [3.8, 4) is 0 Å². The van der Waals surface area contributed by atoms with E-state index in [-0.39, 0.29) is 12.3 Å². The van der Waals surface area contributed by atoms with E-state index in [9.17, 15) is 4.79 Å². The van der Waals surface area contributed by atoms with Gasteiger partial charge < -0.3 is 5.32 Å². The first-order valence-corrected chi connectivity index (χ1v) is 7.81. The Balaban J connectivity index is 2.30. The van der Waals surface area contributed by atoms with E-state index in [0.29, 0.717) is 21.1 Å². The molecule has 0 aliphatic rings. The van der Waals surface area contributed by atoms with Crippen LogP contribution < -0.4 is 16.2 Å². The van der Waals surface area contributed by atoms with Crippen LogP contribution in [0.2, 0.25) is 10.0 Å². The quantitative estimate of drug-likeness (QED) is 0.565. The van der Waals surface area contributed by atoms with Crippen molar-refractivity contribution >= 4 is 46.4 Å². The summed E-state index contributed by atoms with van der Waals surface area (Å²) in [4.78, 5) is 11.8. The standard InChI is InChI=1S/C14H19Cl2N3OS/c1-9(2)5-6-17-14(21)19-18-13(20)8-10-3-4-11(15)12(16)7-10/h3-4,7,9H,5-6,8H2,1-2H3,(H,18,20)(H2,17,19,21). The van der Waals surface area contributed by atoms with Gasteiger partial charge in [0.15, 0.2) is 5.11 Å². The molecule has 0 atom stereocenters. The van der Waals surface area contributed by atoms with Crippen LogP contribution in [-0.2, 0) is 11.2 Å². The molecule has 7 heteroatoms. The fourth-order valence-corrected chi connectivity index (χ4v) is 2.00. The predicted molar refractivity (Wildman–Crippen MR) is 91.5 cm³/mol. The van der Waals surface area contributed by atoms with E-state index in [1.165, 1.54) is 0 Å². The molecule has 0 fully saturated rings. The minimum Gasteiger partial charge on any atom is -0.361 e. The molecule has 0 aromatic heterocycles. The number of thiocarbonyl (C=S) groups is 1. The van der Waals surface area contributed by atoms with Gasteiger partial charge in [-0.25, -0.2) is 0 Å². The largest absolute Gasteiger partial charge is 0.361 e. The summed E-state index contributed by atoms with van der Waals surface area (Å²) in [5.41, 5.74) is 5.98. The summed E-state index contributed by atoms with van der Waals surface area (Å²) in [5, 5.41) is 4.32. The first kappa shape index (κ1) is 18.0. The summed E-state index contributed by atoms with van der Waals surface area (Å²) in [6.45, 7) is 5.04. The third kappa shape index (κ3) is 7.50. The molecular weight excluding hydrogens is 329 g/mol. The highest BCUT2D eigenvalue weighted by molar-refractivity contribution is 7.80. The van der Waals surface area contributed by atoms with Crippen LogP contribution in [0.3, 0.4) is 0 Å². The van der Waals surface area contributed by atoms with Gasteiger partial charge in [0.05, 0.1) is 16.5 Å². The van der Waals surface area contributed by atoms with Gasteiger partial charge in [-0.15, -0.1) is 0 Å². The van der Waals surface area contributed by atoms with E-state index in [1.807, 2.05) is 0 Å². The highest BCUT2D eigenvalue weighted by Gasteiger charge is 2.06. The number of carbonyl (C=O) groups is 1. The van der Waals surface area contributed by atoms with E-state index in [0.717, 1.165) is 18.5 Å². The first-order chi connectivity index (χ1) is 9.88. The maximum Gasteiger partial charge on any atom is 0.242 e. The number of rotatable bonds is 5. The smallest absolute Gasteiger partial charge is 0.242 e. The molecule has 4 nitrogen and oxygen atoms in total. The minimum atomic E-state index is -0.207. The molecule has 0 heterocycles. The average molecular weight is 348 g/mol. The summed E-state index contributed by atoms with van der Waals surface area (Å²) in [5.74, 6) is 0.394. The lowest BCUT2D eigenvalue weighted by Gasteiger charge is -2.12. The molecule has 1 aromatic rings. The number of benzene rings is 1. The van der Waals surface area contributed by atoms with Gasteiger partial charge in [0.2, 0.25) is 5.91 Å². The van der Waals surface area contributed by atoms with Crippen molar-refractivity contribution in [2.75, 3.05) is 6.54 Å². The van der Waals surface area contributed by atoms with Gasteiger partial charge in [-0.2, -0.15) is 0 Å². The second-order valence-electron chi connectivity index (χ2n) is 5.04. The first-order valence-electron chi connectivity index (χ1n) is 6.65. The molecule has 116 valence electrons. The second kappa shape index (κ2) is 9.07. The normalized spacial score (nSPS) is 10.3. The molecule has 0 bridgehead atoms. The van der Waals surface area contributed by atoms with Crippen LogP contribution in [0.15, 0.2) is 18.2 Å². The van der Waals surface area contributed by atoms with Gasteiger partial charge in [0.1, 0.15) is 0 Å². The van der Waals surface area contributed by atoms with Crippen molar-refractivity contribution in [3.63, 3.8) is 0 Å². The number of amides is 1. The molecule has 0 saturated heterocycles. The number of hydrogen-bond acceptors (Lipinski definition) is 2. The fourth-order valence-electron chi connectivity index (χ4n) is 1.52. The monoisotopic (exact) mass is 347 g/mol. The van der Waals surface area contributed by atoms with E-state index in [2.05, 4.69) is 30.0 Å².